The average molecular weight is 280 g/mol. The van der Waals surface area contributed by atoms with Gasteiger partial charge in [-0.25, -0.2) is 0 Å². The quantitative estimate of drug-likeness (QED) is 0.851. The molecule has 0 unspecified atom stereocenters. The van der Waals surface area contributed by atoms with E-state index >= 15 is 0 Å². The number of piperidine rings is 1. The number of aryl methyl sites for hydroxylation is 1. The molecular formula is C14H24N4O2. The molecule has 0 spiro atoms. The van der Waals surface area contributed by atoms with E-state index in [1.807, 2.05) is 22.8 Å². The standard InChI is InChI=1S/C14H24N4O2/c1-11-12(9-16-17(11)2)8-15-13-4-6-18(7-5-13)14(19)10-20-3/h9,13,15H,4-8,10H2,1-3H3. The third-order valence-electron chi connectivity index (χ3n) is 4.03. The van der Waals surface area contributed by atoms with Crippen LogP contribution in [0, 0.1) is 6.92 Å². The maximum Gasteiger partial charge on any atom is 0.248 e. The second-order valence-corrected chi connectivity index (χ2v) is 5.35. The highest BCUT2D eigenvalue weighted by molar-refractivity contribution is 5.77. The second-order valence-electron chi connectivity index (χ2n) is 5.35. The molecule has 0 aromatic carbocycles. The molecule has 1 fully saturated rings. The average Bonchev–Trinajstić information content (AvgIpc) is 2.77. The Morgan fingerprint density at radius 1 is 1.50 bits per heavy atom. The number of hydrogen-bond acceptors (Lipinski definition) is 4. The molecule has 0 bridgehead atoms. The predicted molar refractivity (Wildman–Crippen MR) is 76.3 cm³/mol. The number of hydrogen-bond donors (Lipinski definition) is 1. The summed E-state index contributed by atoms with van der Waals surface area (Å²) >= 11 is 0. The Bertz CT molecular complexity index is 450. The Hall–Kier alpha value is -1.40. The van der Waals surface area contributed by atoms with Crippen LogP contribution < -0.4 is 5.32 Å². The first-order valence-electron chi connectivity index (χ1n) is 7.09. The summed E-state index contributed by atoms with van der Waals surface area (Å²) in [6.45, 7) is 4.73. The van der Waals surface area contributed by atoms with E-state index < -0.39 is 0 Å². The molecule has 1 N–H and O–H groups in total. The molecule has 2 heterocycles. The van der Waals surface area contributed by atoms with Crippen LogP contribution in [0.2, 0.25) is 0 Å². The molecule has 0 atom stereocenters. The summed E-state index contributed by atoms with van der Waals surface area (Å²) in [5.74, 6) is 0.0917. The molecule has 1 aromatic rings. The highest BCUT2D eigenvalue weighted by Crippen LogP contribution is 2.12. The molecule has 6 heteroatoms. The minimum atomic E-state index is 0.0917. The van der Waals surface area contributed by atoms with E-state index in [0.717, 1.165) is 32.5 Å². The van der Waals surface area contributed by atoms with E-state index in [2.05, 4.69) is 17.3 Å². The van der Waals surface area contributed by atoms with Gasteiger partial charge in [-0.3, -0.25) is 9.48 Å². The number of rotatable bonds is 5. The topological polar surface area (TPSA) is 59.4 Å². The first-order valence-corrected chi connectivity index (χ1v) is 7.09. The summed E-state index contributed by atoms with van der Waals surface area (Å²) in [4.78, 5) is 13.6. The summed E-state index contributed by atoms with van der Waals surface area (Å²) in [6.07, 6.45) is 3.91. The van der Waals surface area contributed by atoms with Crippen LogP contribution in [-0.4, -0.2) is 53.4 Å². The van der Waals surface area contributed by atoms with Crippen molar-refractivity contribution in [3.8, 4) is 0 Å². The number of carbonyl (C=O) groups is 1. The number of likely N-dealkylation sites (tertiary alicyclic amines) is 1. The first kappa shape index (κ1) is 15.0. The van der Waals surface area contributed by atoms with Crippen LogP contribution in [0.4, 0.5) is 0 Å². The zero-order valence-electron chi connectivity index (χ0n) is 12.6. The van der Waals surface area contributed by atoms with Crippen molar-refractivity contribution in [2.24, 2.45) is 7.05 Å². The van der Waals surface area contributed by atoms with Gasteiger partial charge >= 0.3 is 0 Å². The highest BCUT2D eigenvalue weighted by Gasteiger charge is 2.22. The van der Waals surface area contributed by atoms with Crippen LogP contribution in [0.3, 0.4) is 0 Å². The molecule has 112 valence electrons. The van der Waals surface area contributed by atoms with Gasteiger partial charge in [-0.05, 0) is 19.8 Å². The zero-order chi connectivity index (χ0) is 14.5. The van der Waals surface area contributed by atoms with Crippen LogP contribution in [-0.2, 0) is 23.1 Å². The van der Waals surface area contributed by atoms with E-state index in [1.54, 1.807) is 7.11 Å². The number of amides is 1. The van der Waals surface area contributed by atoms with Gasteiger partial charge in [0.25, 0.3) is 0 Å². The summed E-state index contributed by atoms with van der Waals surface area (Å²) in [5, 5.41) is 7.81. The minimum absolute atomic E-state index is 0.0917. The van der Waals surface area contributed by atoms with Gasteiger partial charge in [0.15, 0.2) is 0 Å². The van der Waals surface area contributed by atoms with Gasteiger partial charge < -0.3 is 15.0 Å². The van der Waals surface area contributed by atoms with Crippen molar-refractivity contribution in [2.75, 3.05) is 26.8 Å². The molecule has 20 heavy (non-hydrogen) atoms. The van der Waals surface area contributed by atoms with E-state index in [9.17, 15) is 4.79 Å². The number of nitrogens with one attached hydrogen (secondary N) is 1. The van der Waals surface area contributed by atoms with E-state index in [4.69, 9.17) is 4.74 Å². The van der Waals surface area contributed by atoms with Crippen molar-refractivity contribution in [1.29, 1.82) is 0 Å². The smallest absolute Gasteiger partial charge is 0.248 e. The van der Waals surface area contributed by atoms with Crippen molar-refractivity contribution >= 4 is 5.91 Å². The van der Waals surface area contributed by atoms with Crippen LogP contribution in [0.1, 0.15) is 24.1 Å². The SMILES string of the molecule is COCC(=O)N1CCC(NCc2cnn(C)c2C)CC1. The largest absolute Gasteiger partial charge is 0.375 e. The normalized spacial score (nSPS) is 16.6. The lowest BCUT2D eigenvalue weighted by Gasteiger charge is -2.32. The van der Waals surface area contributed by atoms with Gasteiger partial charge in [-0.15, -0.1) is 0 Å². The van der Waals surface area contributed by atoms with Crippen molar-refractivity contribution in [3.05, 3.63) is 17.5 Å². The van der Waals surface area contributed by atoms with Crippen LogP contribution in [0.25, 0.3) is 0 Å². The maximum absolute atomic E-state index is 11.7. The molecular weight excluding hydrogens is 256 g/mol. The summed E-state index contributed by atoms with van der Waals surface area (Å²) < 4.78 is 6.78. The molecule has 1 amide bonds. The lowest BCUT2D eigenvalue weighted by molar-refractivity contribution is -0.136. The van der Waals surface area contributed by atoms with E-state index in [0.29, 0.717) is 6.04 Å². The lowest BCUT2D eigenvalue weighted by atomic mass is 10.0. The first-order chi connectivity index (χ1) is 9.61. The molecule has 1 saturated heterocycles. The molecule has 1 aliphatic heterocycles. The summed E-state index contributed by atoms with van der Waals surface area (Å²) in [6, 6.07) is 0.473. The molecule has 0 saturated carbocycles. The number of ether oxygens (including phenoxy) is 1. The third-order valence-corrected chi connectivity index (χ3v) is 4.03. The minimum Gasteiger partial charge on any atom is -0.375 e. The van der Waals surface area contributed by atoms with E-state index in [1.165, 1.54) is 11.3 Å². The maximum atomic E-state index is 11.7. The van der Waals surface area contributed by atoms with Gasteiger partial charge in [0.2, 0.25) is 5.91 Å². The fourth-order valence-electron chi connectivity index (χ4n) is 2.52. The van der Waals surface area contributed by atoms with Crippen molar-refractivity contribution in [1.82, 2.24) is 20.0 Å². The fourth-order valence-corrected chi connectivity index (χ4v) is 2.52. The van der Waals surface area contributed by atoms with Crippen LogP contribution >= 0.6 is 0 Å². The number of methoxy groups -OCH3 is 1. The van der Waals surface area contributed by atoms with Gasteiger partial charge in [-0.1, -0.05) is 0 Å². The van der Waals surface area contributed by atoms with Crippen molar-refractivity contribution in [3.63, 3.8) is 0 Å². The number of carbonyl (C=O) groups excluding carboxylic acids is 1. The van der Waals surface area contributed by atoms with Crippen molar-refractivity contribution in [2.45, 2.75) is 32.4 Å². The van der Waals surface area contributed by atoms with Gasteiger partial charge in [0.1, 0.15) is 6.61 Å². The van der Waals surface area contributed by atoms with Gasteiger partial charge in [-0.2, -0.15) is 5.10 Å². The van der Waals surface area contributed by atoms with E-state index in [-0.39, 0.29) is 12.5 Å². The predicted octanol–water partition coefficient (Wildman–Crippen LogP) is 0.456. The Morgan fingerprint density at radius 3 is 2.75 bits per heavy atom. The third kappa shape index (κ3) is 3.58. The Morgan fingerprint density at radius 2 is 2.20 bits per heavy atom. The summed E-state index contributed by atoms with van der Waals surface area (Å²) in [5.41, 5.74) is 2.44. The summed E-state index contributed by atoms with van der Waals surface area (Å²) in [7, 11) is 3.52. The van der Waals surface area contributed by atoms with Crippen LogP contribution in [0.5, 0.6) is 0 Å². The fraction of sp³-hybridized carbons (Fsp3) is 0.714. The van der Waals surface area contributed by atoms with Crippen molar-refractivity contribution < 1.29 is 9.53 Å². The molecule has 2 rings (SSSR count). The van der Waals surface area contributed by atoms with Gasteiger partial charge in [0, 0.05) is 51.1 Å². The number of nitrogens with zero attached hydrogens (tertiary/aromatic N) is 3. The Balaban J connectivity index is 1.75. The zero-order valence-corrected chi connectivity index (χ0v) is 12.6. The number of aromatic nitrogens is 2. The Labute approximate surface area is 120 Å². The molecule has 0 radical (unpaired) electrons. The molecule has 1 aliphatic rings. The molecule has 0 aliphatic carbocycles. The Kier molecular flexibility index (Phi) is 5.14. The monoisotopic (exact) mass is 280 g/mol. The highest BCUT2D eigenvalue weighted by atomic mass is 16.5. The second kappa shape index (κ2) is 6.85. The lowest BCUT2D eigenvalue weighted by Crippen LogP contribution is -2.45. The van der Waals surface area contributed by atoms with Gasteiger partial charge in [0.05, 0.1) is 6.20 Å². The molecule has 6 nitrogen and oxygen atoms in total. The van der Waals surface area contributed by atoms with Crippen LogP contribution in [0.15, 0.2) is 6.20 Å². The molecule has 1 aromatic heterocycles.